The van der Waals surface area contributed by atoms with Crippen LogP contribution in [0.2, 0.25) is 0 Å². The number of nitrogens with zero attached hydrogens (tertiary/aromatic N) is 5. The number of anilines is 3. The second kappa shape index (κ2) is 33.4. The number of aromatic nitrogens is 6. The first kappa shape index (κ1) is 62.7. The lowest BCUT2D eigenvalue weighted by atomic mass is 9.82. The van der Waals surface area contributed by atoms with Gasteiger partial charge in [0, 0.05) is 123 Å². The maximum Gasteiger partial charge on any atom is 0.373 e. The third-order valence-corrected chi connectivity index (χ3v) is 12.7. The summed E-state index contributed by atoms with van der Waals surface area (Å²) in [5.41, 5.74) is 9.25. The number of halogens is 2. The van der Waals surface area contributed by atoms with Gasteiger partial charge >= 0.3 is 30.4 Å². The molecule has 400 valence electrons. The van der Waals surface area contributed by atoms with Crippen molar-refractivity contribution >= 4 is 102 Å². The molecular formula is C54H47Br2N9O13. The molecule has 1 aliphatic heterocycles. The number of hydrogen-bond donors (Lipinski definition) is 4. The second-order valence-corrected chi connectivity index (χ2v) is 17.5. The van der Waals surface area contributed by atoms with Gasteiger partial charge < -0.3 is 30.4 Å². The first-order valence-electron chi connectivity index (χ1n) is 22.5. The first-order valence-corrected chi connectivity index (χ1v) is 24.1. The van der Waals surface area contributed by atoms with Crippen molar-refractivity contribution in [3.05, 3.63) is 199 Å². The highest BCUT2D eigenvalue weighted by molar-refractivity contribution is 9.14. The molecule has 7 aromatic rings. The number of ketones is 2. The van der Waals surface area contributed by atoms with Crippen LogP contribution in [0.15, 0.2) is 160 Å². The largest absolute Gasteiger partial charge is 0.467 e. The van der Waals surface area contributed by atoms with Crippen molar-refractivity contribution in [3.8, 4) is 0 Å². The number of rotatable bonds is 8. The zero-order valence-electron chi connectivity index (χ0n) is 42.1. The highest BCUT2D eigenvalue weighted by Crippen LogP contribution is 2.31. The molecule has 2 atom stereocenters. The number of carbonyl (C=O) groups excluding carboxylic acids is 10. The van der Waals surface area contributed by atoms with E-state index in [0.29, 0.717) is 56.3 Å². The number of H-pyrrole nitrogens is 1. The predicted octanol–water partition coefficient (Wildman–Crippen LogP) is 7.23. The van der Waals surface area contributed by atoms with Crippen molar-refractivity contribution in [3.63, 3.8) is 0 Å². The maximum absolute atomic E-state index is 12.7. The number of ether oxygens (including phenoxy) is 2. The molecule has 1 aromatic carbocycles. The average Bonchev–Trinajstić information content (AvgIpc) is 3.47. The lowest BCUT2D eigenvalue weighted by Gasteiger charge is -2.31. The van der Waals surface area contributed by atoms with Gasteiger partial charge in [-0.2, -0.15) is 28.8 Å². The summed E-state index contributed by atoms with van der Waals surface area (Å²) < 4.78 is 10.4. The Labute approximate surface area is 461 Å². The number of esters is 2. The number of hydrogen-bond acceptors (Lipinski definition) is 21. The molecule has 0 fully saturated rings. The van der Waals surface area contributed by atoms with Crippen LogP contribution in [0, 0.1) is 5.92 Å². The summed E-state index contributed by atoms with van der Waals surface area (Å²) in [6.45, 7) is 5.81. The van der Waals surface area contributed by atoms with Gasteiger partial charge in [0.1, 0.15) is 10.5 Å². The molecule has 0 amide bonds. The van der Waals surface area contributed by atoms with E-state index in [-0.39, 0.29) is 41.4 Å². The van der Waals surface area contributed by atoms with E-state index in [2.05, 4.69) is 82.5 Å². The third kappa shape index (κ3) is 18.7. The van der Waals surface area contributed by atoms with Crippen LogP contribution in [-0.4, -0.2) is 92.1 Å². The Morgan fingerprint density at radius 1 is 0.654 bits per heavy atom. The Morgan fingerprint density at radius 2 is 1.14 bits per heavy atom. The van der Waals surface area contributed by atoms with Crippen molar-refractivity contribution < 1.29 is 57.4 Å². The molecule has 0 bridgehead atoms. The molecule has 22 nitrogen and oxygen atoms in total. The zero-order valence-corrected chi connectivity index (χ0v) is 45.2. The fourth-order valence-electron chi connectivity index (χ4n) is 7.14. The molecule has 0 saturated heterocycles. The van der Waals surface area contributed by atoms with Crippen molar-refractivity contribution in [1.29, 1.82) is 0 Å². The van der Waals surface area contributed by atoms with Crippen LogP contribution in [-0.2, 0) is 60.7 Å². The Bertz CT molecular complexity index is 3320. The number of aromatic amines is 1. The fourth-order valence-corrected chi connectivity index (χ4v) is 7.46. The topological polar surface area (TPSA) is 323 Å². The number of para-hydroxylation sites is 1. The Hall–Kier alpha value is -9.56. The molecule has 6 aromatic heterocycles. The van der Waals surface area contributed by atoms with Crippen molar-refractivity contribution in [2.24, 2.45) is 5.92 Å². The van der Waals surface area contributed by atoms with Crippen molar-refractivity contribution in [2.75, 3.05) is 30.2 Å². The predicted molar refractivity (Wildman–Crippen MR) is 286 cm³/mol. The molecule has 78 heavy (non-hydrogen) atoms. The van der Waals surface area contributed by atoms with Gasteiger partial charge in [-0.25, -0.2) is 9.59 Å². The monoisotopic (exact) mass is 1190 g/mol. The minimum absolute atomic E-state index is 0.0647. The molecule has 0 saturated carbocycles. The Balaban J connectivity index is 0.000000268. The van der Waals surface area contributed by atoms with E-state index in [9.17, 15) is 24.0 Å². The zero-order chi connectivity index (χ0) is 57.6. The summed E-state index contributed by atoms with van der Waals surface area (Å²) >= 11 is 6.14. The number of fused-ring (bicyclic) bond motifs is 4. The molecular weight excluding hydrogens is 1140 g/mol. The summed E-state index contributed by atoms with van der Waals surface area (Å²) in [7, 11) is 2.65. The fraction of sp³-hybridized carbons (Fsp3) is 0.167. The molecule has 4 N–H and O–H groups in total. The first-order chi connectivity index (χ1) is 37.5. The van der Waals surface area contributed by atoms with E-state index >= 15 is 0 Å². The van der Waals surface area contributed by atoms with Crippen LogP contribution in [0.1, 0.15) is 63.9 Å². The SMILES string of the molecule is C/C(Nc1ccncc1)=C(\C)Nc1ccncc1.COC(=O)/C(Br)=C(/C)Br.COC(=O)C1Nc2ccncc2C(=O)C1Cc1ccncc1.O=C1c2cnccc2Cc2c1[nH]c1ccccc1c2=O.O=C=O.O=C=O.O=C=O. The van der Waals surface area contributed by atoms with Crippen LogP contribution < -0.4 is 21.4 Å². The van der Waals surface area contributed by atoms with Crippen LogP contribution in [0.3, 0.4) is 0 Å². The molecule has 1 aliphatic carbocycles. The van der Waals surface area contributed by atoms with E-state index in [1.807, 2.05) is 68.4 Å². The van der Waals surface area contributed by atoms with Crippen molar-refractivity contribution in [2.45, 2.75) is 39.7 Å². The van der Waals surface area contributed by atoms with Gasteiger partial charge in [0.25, 0.3) is 0 Å². The lowest BCUT2D eigenvalue weighted by Crippen LogP contribution is -2.46. The highest BCUT2D eigenvalue weighted by Gasteiger charge is 2.40. The molecule has 0 spiro atoms. The average molecular weight is 1190 g/mol. The summed E-state index contributed by atoms with van der Waals surface area (Å²) in [6, 6.07) is 21.4. The maximum atomic E-state index is 12.7. The van der Waals surface area contributed by atoms with Gasteiger partial charge in [-0.05, 0) is 115 Å². The molecule has 0 radical (unpaired) electrons. The summed E-state index contributed by atoms with van der Waals surface area (Å²) in [4.78, 5) is 132. The van der Waals surface area contributed by atoms with Crippen LogP contribution in [0.5, 0.6) is 0 Å². The standard InChI is InChI=1S/C16H15N3O3.C16H10N2O2.C14H16N4.C5H6Br2O2.3CO2/c1-22-16(21)14-11(8-10-2-5-17-6-3-10)15(20)12-9-18-7-4-13(12)19-14;19-15-10-3-1-2-4-13(10)18-14-11(15)7-9-5-6-17-8-12(9)16(14)20;1-11(17-13-3-7-15-8-4-13)12(2)18-14-5-9-16-10-6-14;1-3(6)4(7)5(8)9-2;3*2-1-3/h2-7,9,11,14,19H,8H2,1H3;1-6,8H,7H2,(H,18,19);3-10H,1-2H3,(H,15,17)(H,16,18);1-2H3;;;/b;;12-11-;4-3+;;;. The quantitative estimate of drug-likeness (QED) is 0.0861. The van der Waals surface area contributed by atoms with E-state index < -0.39 is 17.9 Å². The molecule has 9 rings (SSSR count). The third-order valence-electron chi connectivity index (χ3n) is 10.8. The second-order valence-electron chi connectivity index (χ2n) is 15.5. The normalized spacial score (nSPS) is 13.4. The van der Waals surface area contributed by atoms with Gasteiger partial charge in [-0.15, -0.1) is 0 Å². The van der Waals surface area contributed by atoms with Gasteiger partial charge in [0.15, 0.2) is 11.2 Å². The van der Waals surface area contributed by atoms with Crippen LogP contribution >= 0.6 is 31.9 Å². The molecule has 2 unspecified atom stereocenters. The summed E-state index contributed by atoms with van der Waals surface area (Å²) in [5, 5.41) is 10.4. The Kier molecular flexibility index (Phi) is 26.8. The van der Waals surface area contributed by atoms with Gasteiger partial charge in [-0.3, -0.25) is 39.3 Å². The van der Waals surface area contributed by atoms with E-state index in [1.165, 1.54) is 20.4 Å². The number of Topliss-reactive ketones (excluding diaryl/α,β-unsaturated/α-hetero) is 1. The number of methoxy groups -OCH3 is 2. The minimum atomic E-state index is -0.708. The molecule has 24 heteroatoms. The van der Waals surface area contributed by atoms with Crippen LogP contribution in [0.25, 0.3) is 10.9 Å². The smallest absolute Gasteiger partial charge is 0.373 e. The van der Waals surface area contributed by atoms with Gasteiger partial charge in [0.05, 0.1) is 31.4 Å². The molecule has 7 heterocycles. The van der Waals surface area contributed by atoms with E-state index in [1.54, 1.807) is 80.9 Å². The van der Waals surface area contributed by atoms with Gasteiger partial charge in [-0.1, -0.05) is 28.1 Å². The number of carbonyl (C=O) groups is 4. The summed E-state index contributed by atoms with van der Waals surface area (Å²) in [5.74, 6) is -1.61. The van der Waals surface area contributed by atoms with E-state index in [4.69, 9.17) is 33.5 Å². The number of pyridine rings is 6. The van der Waals surface area contributed by atoms with E-state index in [0.717, 1.165) is 38.4 Å². The Morgan fingerprint density at radius 3 is 1.64 bits per heavy atom. The van der Waals surface area contributed by atoms with Crippen LogP contribution in [0.4, 0.5) is 17.1 Å². The number of allylic oxidation sites excluding steroid dienone is 3. The van der Waals surface area contributed by atoms with Gasteiger partial charge in [0.2, 0.25) is 5.78 Å². The van der Waals surface area contributed by atoms with Crippen molar-refractivity contribution in [1.82, 2.24) is 29.9 Å². The summed E-state index contributed by atoms with van der Waals surface area (Å²) in [6.07, 6.45) is 18.4. The number of nitrogens with one attached hydrogen (secondary N) is 4. The lowest BCUT2D eigenvalue weighted by molar-refractivity contribution is -0.193. The minimum Gasteiger partial charge on any atom is -0.467 e. The highest BCUT2D eigenvalue weighted by atomic mass is 79.9. The number of benzene rings is 1. The molecule has 2 aliphatic rings.